The Morgan fingerprint density at radius 1 is 0.364 bits per heavy atom. The Labute approximate surface area is 378 Å². The minimum atomic E-state index is -0.705. The van der Waals surface area contributed by atoms with Crippen LogP contribution in [0.15, 0.2) is 212 Å². The van der Waals surface area contributed by atoms with Crippen molar-refractivity contribution in [2.24, 2.45) is 0 Å². The van der Waals surface area contributed by atoms with Gasteiger partial charge in [-0.25, -0.2) is 23.6 Å². The Bertz CT molecular complexity index is 3900. The summed E-state index contributed by atoms with van der Waals surface area (Å²) in [5, 5.41) is 3.91. The van der Waals surface area contributed by atoms with Gasteiger partial charge in [0.2, 0.25) is 5.69 Å². The first kappa shape index (κ1) is 38.7. The highest BCUT2D eigenvalue weighted by atomic mass is 19.1. The quantitative estimate of drug-likeness (QED) is 0.150. The van der Waals surface area contributed by atoms with Gasteiger partial charge in [0.25, 0.3) is 0 Å². The van der Waals surface area contributed by atoms with Gasteiger partial charge in [0, 0.05) is 49.9 Å². The summed E-state index contributed by atoms with van der Waals surface area (Å²) in [6.07, 6.45) is 0. The molecule has 0 fully saturated rings. The Morgan fingerprint density at radius 2 is 0.818 bits per heavy atom. The molecule has 66 heavy (non-hydrogen) atoms. The number of halogens is 2. The number of nitrogens with zero attached hydrogens (tertiary/aromatic N) is 5. The van der Waals surface area contributed by atoms with Crippen molar-refractivity contribution in [2.75, 3.05) is 0 Å². The summed E-state index contributed by atoms with van der Waals surface area (Å²) in [7, 11) is 0. The smallest absolute Gasteiger partial charge is 0.234 e. The first-order chi connectivity index (χ1) is 32.5. The molecule has 4 heterocycles. The molecule has 7 heteroatoms. The zero-order valence-corrected chi connectivity index (χ0v) is 35.2. The van der Waals surface area contributed by atoms with E-state index in [1.807, 2.05) is 133 Å². The summed E-state index contributed by atoms with van der Waals surface area (Å²) >= 11 is 0. The van der Waals surface area contributed by atoms with Crippen molar-refractivity contribution in [1.29, 1.82) is 0 Å². The van der Waals surface area contributed by atoms with E-state index in [1.165, 1.54) is 12.1 Å². The fourth-order valence-corrected chi connectivity index (χ4v) is 9.52. The van der Waals surface area contributed by atoms with Crippen LogP contribution in [0.4, 0.5) is 14.5 Å². The lowest BCUT2D eigenvalue weighted by Crippen LogP contribution is -2.03. The fourth-order valence-electron chi connectivity index (χ4n) is 9.52. The first-order valence-corrected chi connectivity index (χ1v) is 21.6. The maximum Gasteiger partial charge on any atom is 0.234 e. The number of rotatable bonds is 7. The van der Waals surface area contributed by atoms with Gasteiger partial charge in [-0.1, -0.05) is 127 Å². The lowest BCUT2D eigenvalue weighted by molar-refractivity contribution is 0.584. The predicted octanol–water partition coefficient (Wildman–Crippen LogP) is 15.8. The molecular formula is C59H35F2N5. The summed E-state index contributed by atoms with van der Waals surface area (Å²) in [6.45, 7) is 9.01. The number of hydrogen-bond donors (Lipinski definition) is 0. The lowest BCUT2D eigenvalue weighted by Gasteiger charge is -2.20. The standard InChI is InChI=1S/C59H35F2N5/c1-62-58-57(65-53-24-10-8-18-45(53)47-34-39(26-29-55(47)65)51-22-12-20-49(63-51)37-14-4-2-5-15-37)31-28-44(41-32-42(60)36-43(61)33-41)59(58)66-54-25-11-9-19-46(54)48-35-40(27-30-56(48)66)52-23-13-21-50(64-52)38-16-6-3-7-17-38/h2-36H. The van der Waals surface area contributed by atoms with Crippen LogP contribution in [0.3, 0.4) is 0 Å². The van der Waals surface area contributed by atoms with E-state index in [2.05, 4.69) is 74.6 Å². The zero-order valence-electron chi connectivity index (χ0n) is 35.2. The Kier molecular flexibility index (Phi) is 9.18. The number of hydrogen-bond acceptors (Lipinski definition) is 2. The summed E-state index contributed by atoms with van der Waals surface area (Å²) in [6, 6.07) is 68.5. The highest BCUT2D eigenvalue weighted by molar-refractivity contribution is 6.13. The molecule has 5 nitrogen and oxygen atoms in total. The van der Waals surface area contributed by atoms with Crippen molar-refractivity contribution in [3.8, 4) is 67.5 Å². The fraction of sp³-hybridized carbons (Fsp3) is 0. The Hall–Kier alpha value is -8.99. The second-order valence-corrected chi connectivity index (χ2v) is 16.3. The third kappa shape index (κ3) is 6.43. The summed E-state index contributed by atoms with van der Waals surface area (Å²) < 4.78 is 34.6. The molecule has 0 aliphatic heterocycles. The molecule has 4 aromatic heterocycles. The topological polar surface area (TPSA) is 40.0 Å². The monoisotopic (exact) mass is 851 g/mol. The van der Waals surface area contributed by atoms with Crippen LogP contribution in [-0.4, -0.2) is 19.1 Å². The van der Waals surface area contributed by atoms with Gasteiger partial charge in [0.1, 0.15) is 11.6 Å². The maximum atomic E-state index is 15.2. The highest BCUT2D eigenvalue weighted by Crippen LogP contribution is 2.47. The summed E-state index contributed by atoms with van der Waals surface area (Å²) in [5.74, 6) is -1.41. The van der Waals surface area contributed by atoms with Crippen LogP contribution < -0.4 is 0 Å². The average Bonchev–Trinajstić information content (AvgIpc) is 3.88. The number of aromatic nitrogens is 4. The molecule has 0 spiro atoms. The molecule has 0 N–H and O–H groups in total. The van der Waals surface area contributed by atoms with Gasteiger partial charge >= 0.3 is 0 Å². The van der Waals surface area contributed by atoms with E-state index in [-0.39, 0.29) is 0 Å². The van der Waals surface area contributed by atoms with Gasteiger partial charge in [-0.2, -0.15) is 0 Å². The Balaban J connectivity index is 1.10. The van der Waals surface area contributed by atoms with E-state index >= 15 is 8.78 Å². The van der Waals surface area contributed by atoms with Gasteiger partial charge in [-0.15, -0.1) is 0 Å². The van der Waals surface area contributed by atoms with Gasteiger partial charge in [0.05, 0.1) is 62.8 Å². The third-order valence-electron chi connectivity index (χ3n) is 12.5. The lowest BCUT2D eigenvalue weighted by atomic mass is 10.00. The van der Waals surface area contributed by atoms with E-state index in [9.17, 15) is 0 Å². The second-order valence-electron chi connectivity index (χ2n) is 16.3. The molecule has 0 saturated carbocycles. The van der Waals surface area contributed by atoms with Gasteiger partial charge in [-0.05, 0) is 90.0 Å². The van der Waals surface area contributed by atoms with Crippen LogP contribution in [0.2, 0.25) is 0 Å². The molecule has 0 aliphatic carbocycles. The van der Waals surface area contributed by atoms with E-state index in [4.69, 9.17) is 16.5 Å². The largest absolute Gasteiger partial charge is 0.319 e. The number of benzene rings is 8. The van der Waals surface area contributed by atoms with Crippen LogP contribution in [0.25, 0.3) is 116 Å². The van der Waals surface area contributed by atoms with Crippen LogP contribution in [0.5, 0.6) is 0 Å². The minimum Gasteiger partial charge on any atom is -0.319 e. The van der Waals surface area contributed by atoms with Crippen LogP contribution >= 0.6 is 0 Å². The van der Waals surface area contributed by atoms with Gasteiger partial charge in [0.15, 0.2) is 0 Å². The van der Waals surface area contributed by atoms with Crippen LogP contribution in [0.1, 0.15) is 0 Å². The molecule has 0 amide bonds. The van der Waals surface area contributed by atoms with Gasteiger partial charge < -0.3 is 9.13 Å². The molecule has 12 rings (SSSR count). The number of pyridine rings is 2. The molecule has 0 atom stereocenters. The molecule has 0 radical (unpaired) electrons. The van der Waals surface area contributed by atoms with Crippen molar-refractivity contribution in [1.82, 2.24) is 19.1 Å². The van der Waals surface area contributed by atoms with E-state index in [0.29, 0.717) is 28.2 Å². The first-order valence-electron chi connectivity index (χ1n) is 21.6. The van der Waals surface area contributed by atoms with E-state index in [0.717, 1.165) is 94.7 Å². The number of para-hydroxylation sites is 2. The summed E-state index contributed by atoms with van der Waals surface area (Å²) in [5.41, 5.74) is 13.2. The second kappa shape index (κ2) is 15.7. The zero-order chi connectivity index (χ0) is 44.3. The minimum absolute atomic E-state index is 0.320. The van der Waals surface area contributed by atoms with Crippen LogP contribution in [0, 0.1) is 18.2 Å². The SMILES string of the molecule is [C-]#[N+]c1c(-n2c3ccccc3c3cc(-c4cccc(-c5ccccc5)n4)ccc32)ccc(-c2cc(F)cc(F)c2)c1-n1c2ccccc2c2cc(-c3cccc(-c4ccccc4)n3)ccc21. The van der Waals surface area contributed by atoms with E-state index < -0.39 is 11.6 Å². The van der Waals surface area contributed by atoms with Crippen molar-refractivity contribution in [3.05, 3.63) is 235 Å². The molecule has 12 aromatic rings. The molecule has 0 bridgehead atoms. The van der Waals surface area contributed by atoms with Crippen molar-refractivity contribution < 1.29 is 8.78 Å². The van der Waals surface area contributed by atoms with Crippen molar-refractivity contribution >= 4 is 49.3 Å². The van der Waals surface area contributed by atoms with Crippen molar-refractivity contribution in [3.63, 3.8) is 0 Å². The molecule has 310 valence electrons. The highest BCUT2D eigenvalue weighted by Gasteiger charge is 2.25. The molecule has 0 unspecified atom stereocenters. The predicted molar refractivity (Wildman–Crippen MR) is 264 cm³/mol. The normalized spacial score (nSPS) is 11.5. The molecular weight excluding hydrogens is 817 g/mol. The third-order valence-corrected chi connectivity index (χ3v) is 12.5. The maximum absolute atomic E-state index is 15.2. The Morgan fingerprint density at radius 3 is 1.35 bits per heavy atom. The van der Waals surface area contributed by atoms with E-state index in [1.54, 1.807) is 0 Å². The summed E-state index contributed by atoms with van der Waals surface area (Å²) in [4.78, 5) is 14.5. The number of fused-ring (bicyclic) bond motifs is 6. The molecule has 0 aliphatic rings. The van der Waals surface area contributed by atoms with Crippen LogP contribution in [-0.2, 0) is 0 Å². The average molecular weight is 852 g/mol. The molecule has 8 aromatic carbocycles. The molecule has 0 saturated heterocycles. The van der Waals surface area contributed by atoms with Gasteiger partial charge in [-0.3, -0.25) is 0 Å². The van der Waals surface area contributed by atoms with Crippen molar-refractivity contribution in [2.45, 2.75) is 0 Å².